The van der Waals surface area contributed by atoms with Crippen LogP contribution < -0.4 is 10.6 Å². The van der Waals surface area contributed by atoms with Crippen LogP contribution in [-0.4, -0.2) is 17.6 Å². The summed E-state index contributed by atoms with van der Waals surface area (Å²) in [4.78, 5) is 13.3. The van der Waals surface area contributed by atoms with Crippen molar-refractivity contribution in [1.82, 2.24) is 0 Å². The normalized spacial score (nSPS) is 13.4. The largest absolute Gasteiger partial charge is 0.478 e. The number of carboxylic acid groups (broad SMARTS) is 1. The molecule has 19 heavy (non-hydrogen) atoms. The highest BCUT2D eigenvalue weighted by atomic mass is 16.4. The maximum absolute atomic E-state index is 11.1. The van der Waals surface area contributed by atoms with Crippen LogP contribution in [-0.2, 0) is 6.42 Å². The number of rotatable bonds is 2. The van der Waals surface area contributed by atoms with Gasteiger partial charge in [0.25, 0.3) is 0 Å². The minimum absolute atomic E-state index is 0.155. The van der Waals surface area contributed by atoms with Crippen LogP contribution in [0.25, 0.3) is 0 Å². The summed E-state index contributed by atoms with van der Waals surface area (Å²) in [5.41, 5.74) is 9.44. The average molecular weight is 254 g/mol. The number of hydrogen-bond acceptors (Lipinski definition) is 3. The highest BCUT2D eigenvalue weighted by Gasteiger charge is 2.21. The first-order valence-corrected chi connectivity index (χ1v) is 6.15. The summed E-state index contributed by atoms with van der Waals surface area (Å²) in [6.45, 7) is 0.863. The van der Waals surface area contributed by atoms with E-state index in [0.717, 1.165) is 24.3 Å². The van der Waals surface area contributed by atoms with E-state index in [0.29, 0.717) is 5.69 Å². The molecular formula is C15H14N2O2. The van der Waals surface area contributed by atoms with Crippen molar-refractivity contribution in [2.75, 3.05) is 17.2 Å². The molecule has 0 radical (unpaired) electrons. The molecular weight excluding hydrogens is 240 g/mol. The molecule has 0 aromatic heterocycles. The lowest BCUT2D eigenvalue weighted by molar-refractivity contribution is 0.0698. The van der Waals surface area contributed by atoms with Crippen molar-refractivity contribution in [1.29, 1.82) is 0 Å². The maximum atomic E-state index is 11.1. The lowest BCUT2D eigenvalue weighted by Gasteiger charge is -2.20. The summed E-state index contributed by atoms with van der Waals surface area (Å²) < 4.78 is 0. The van der Waals surface area contributed by atoms with Gasteiger partial charge in [0.15, 0.2) is 0 Å². The Morgan fingerprint density at radius 1 is 1.21 bits per heavy atom. The van der Waals surface area contributed by atoms with Crippen molar-refractivity contribution >= 4 is 23.0 Å². The SMILES string of the molecule is Nc1ccc(N2CCc3ccccc32)cc1C(=O)O. The molecule has 0 bridgehead atoms. The third kappa shape index (κ3) is 1.91. The van der Waals surface area contributed by atoms with E-state index >= 15 is 0 Å². The average Bonchev–Trinajstić information content (AvgIpc) is 2.83. The van der Waals surface area contributed by atoms with Gasteiger partial charge in [-0.2, -0.15) is 0 Å². The minimum atomic E-state index is -0.994. The Kier molecular flexibility index (Phi) is 2.63. The van der Waals surface area contributed by atoms with Crippen molar-refractivity contribution in [3.63, 3.8) is 0 Å². The summed E-state index contributed by atoms with van der Waals surface area (Å²) in [5.74, 6) is -0.994. The first kappa shape index (κ1) is 11.6. The third-order valence-electron chi connectivity index (χ3n) is 3.47. The molecule has 0 saturated carbocycles. The number of nitrogen functional groups attached to an aromatic ring is 1. The van der Waals surface area contributed by atoms with E-state index in [1.165, 1.54) is 5.56 Å². The molecule has 2 aromatic carbocycles. The Labute approximate surface area is 111 Å². The molecule has 3 rings (SSSR count). The zero-order valence-corrected chi connectivity index (χ0v) is 10.3. The molecule has 1 aliphatic rings. The third-order valence-corrected chi connectivity index (χ3v) is 3.47. The second kappa shape index (κ2) is 4.31. The number of anilines is 3. The summed E-state index contributed by atoms with van der Waals surface area (Å²) in [7, 11) is 0. The van der Waals surface area contributed by atoms with Crippen LogP contribution >= 0.6 is 0 Å². The Hall–Kier alpha value is -2.49. The van der Waals surface area contributed by atoms with Crippen LogP contribution in [0.1, 0.15) is 15.9 Å². The van der Waals surface area contributed by atoms with Crippen LogP contribution in [0.15, 0.2) is 42.5 Å². The van der Waals surface area contributed by atoms with Crippen LogP contribution in [0.2, 0.25) is 0 Å². The fourth-order valence-corrected chi connectivity index (χ4v) is 2.50. The van der Waals surface area contributed by atoms with Gasteiger partial charge in [-0.05, 0) is 36.2 Å². The zero-order valence-electron chi connectivity index (χ0n) is 10.3. The standard InChI is InChI=1S/C15H14N2O2/c16-13-6-5-11(9-12(13)15(18)19)17-8-7-10-3-1-2-4-14(10)17/h1-6,9H,7-8,16H2,(H,18,19). The molecule has 2 aromatic rings. The molecule has 0 atom stereocenters. The summed E-state index contributed by atoms with van der Waals surface area (Å²) in [6, 6.07) is 13.3. The number of nitrogens with zero attached hydrogens (tertiary/aromatic N) is 1. The van der Waals surface area contributed by atoms with Gasteiger partial charge in [0.1, 0.15) is 0 Å². The van der Waals surface area contributed by atoms with Gasteiger partial charge in [-0.25, -0.2) is 4.79 Å². The van der Waals surface area contributed by atoms with Gasteiger partial charge in [0.2, 0.25) is 0 Å². The molecule has 3 N–H and O–H groups in total. The fraction of sp³-hybridized carbons (Fsp3) is 0.133. The van der Waals surface area contributed by atoms with Crippen molar-refractivity contribution in [2.45, 2.75) is 6.42 Å². The Morgan fingerprint density at radius 3 is 2.79 bits per heavy atom. The Morgan fingerprint density at radius 2 is 2.00 bits per heavy atom. The van der Waals surface area contributed by atoms with E-state index in [-0.39, 0.29) is 5.56 Å². The number of fused-ring (bicyclic) bond motifs is 1. The molecule has 0 unspecified atom stereocenters. The van der Waals surface area contributed by atoms with Crippen molar-refractivity contribution in [2.24, 2.45) is 0 Å². The number of hydrogen-bond donors (Lipinski definition) is 2. The molecule has 0 saturated heterocycles. The lowest BCUT2D eigenvalue weighted by atomic mass is 10.1. The summed E-state index contributed by atoms with van der Waals surface area (Å²) in [5, 5.41) is 9.13. The number of para-hydroxylation sites is 1. The van der Waals surface area contributed by atoms with E-state index in [1.54, 1.807) is 12.1 Å². The van der Waals surface area contributed by atoms with Gasteiger partial charge in [-0.3, -0.25) is 0 Å². The number of carbonyl (C=O) groups is 1. The minimum Gasteiger partial charge on any atom is -0.478 e. The van der Waals surface area contributed by atoms with Gasteiger partial charge in [-0.1, -0.05) is 18.2 Å². The van der Waals surface area contributed by atoms with Crippen LogP contribution in [0.5, 0.6) is 0 Å². The van der Waals surface area contributed by atoms with Crippen LogP contribution in [0, 0.1) is 0 Å². The molecule has 96 valence electrons. The van der Waals surface area contributed by atoms with E-state index in [9.17, 15) is 4.79 Å². The van der Waals surface area contributed by atoms with Crippen molar-refractivity contribution < 1.29 is 9.90 Å². The predicted octanol–water partition coefficient (Wildman–Crippen LogP) is 2.66. The highest BCUT2D eigenvalue weighted by Crippen LogP contribution is 2.35. The topological polar surface area (TPSA) is 66.6 Å². The van der Waals surface area contributed by atoms with Gasteiger partial charge >= 0.3 is 5.97 Å². The number of nitrogens with two attached hydrogens (primary N) is 1. The lowest BCUT2D eigenvalue weighted by Crippen LogP contribution is -2.14. The highest BCUT2D eigenvalue weighted by molar-refractivity contribution is 5.95. The van der Waals surface area contributed by atoms with Gasteiger partial charge in [0, 0.05) is 23.6 Å². The molecule has 0 amide bonds. The van der Waals surface area contributed by atoms with E-state index in [2.05, 4.69) is 17.0 Å². The molecule has 1 aliphatic heterocycles. The smallest absolute Gasteiger partial charge is 0.337 e. The van der Waals surface area contributed by atoms with E-state index in [4.69, 9.17) is 10.8 Å². The molecule has 0 fully saturated rings. The fourth-order valence-electron chi connectivity index (χ4n) is 2.50. The van der Waals surface area contributed by atoms with Crippen molar-refractivity contribution in [3.05, 3.63) is 53.6 Å². The first-order chi connectivity index (χ1) is 9.16. The van der Waals surface area contributed by atoms with Gasteiger partial charge in [0.05, 0.1) is 5.56 Å². The molecule has 0 spiro atoms. The number of aromatic carboxylic acids is 1. The quantitative estimate of drug-likeness (QED) is 0.808. The molecule has 4 nitrogen and oxygen atoms in total. The Balaban J connectivity index is 2.05. The monoisotopic (exact) mass is 254 g/mol. The zero-order chi connectivity index (χ0) is 13.4. The predicted molar refractivity (Wildman–Crippen MR) is 75.0 cm³/mol. The maximum Gasteiger partial charge on any atom is 0.337 e. The summed E-state index contributed by atoms with van der Waals surface area (Å²) >= 11 is 0. The summed E-state index contributed by atoms with van der Waals surface area (Å²) in [6.07, 6.45) is 0.975. The van der Waals surface area contributed by atoms with Gasteiger partial charge in [-0.15, -0.1) is 0 Å². The van der Waals surface area contributed by atoms with Crippen molar-refractivity contribution in [3.8, 4) is 0 Å². The van der Waals surface area contributed by atoms with E-state index < -0.39 is 5.97 Å². The second-order valence-electron chi connectivity index (χ2n) is 4.61. The molecule has 1 heterocycles. The molecule has 4 heteroatoms. The number of carboxylic acids is 1. The first-order valence-electron chi connectivity index (χ1n) is 6.15. The van der Waals surface area contributed by atoms with Gasteiger partial charge < -0.3 is 15.7 Å². The van der Waals surface area contributed by atoms with Crippen LogP contribution in [0.3, 0.4) is 0 Å². The Bertz CT molecular complexity index is 652. The van der Waals surface area contributed by atoms with E-state index in [1.807, 2.05) is 18.2 Å². The second-order valence-corrected chi connectivity index (χ2v) is 4.61. The molecule has 0 aliphatic carbocycles. The number of benzene rings is 2. The van der Waals surface area contributed by atoms with Crippen LogP contribution in [0.4, 0.5) is 17.1 Å².